The number of aliphatic hydroxyl groups excluding tert-OH is 11. The lowest BCUT2D eigenvalue weighted by molar-refractivity contribution is -0.379. The van der Waals surface area contributed by atoms with Crippen molar-refractivity contribution in [3.63, 3.8) is 0 Å². The summed E-state index contributed by atoms with van der Waals surface area (Å²) in [5, 5.41) is 121. The number of unbranched alkanes of at least 4 members (excludes halogenated alkanes) is 43. The van der Waals surface area contributed by atoms with Crippen molar-refractivity contribution < 1.29 is 89.4 Å². The maximum atomic E-state index is 13.4. The smallest absolute Gasteiger partial charge is 0.220 e. The van der Waals surface area contributed by atoms with Crippen molar-refractivity contribution in [3.05, 3.63) is 24.3 Å². The Bertz CT molecular complexity index is 1800. The second kappa shape index (κ2) is 57.0. The van der Waals surface area contributed by atoms with Crippen LogP contribution in [-0.4, -0.2) is 193 Å². The fraction of sp³-hybridized carbons (Fsp3) is 0.933. The summed E-state index contributed by atoms with van der Waals surface area (Å²) < 4.78 is 34.4. The van der Waals surface area contributed by atoms with Gasteiger partial charge in [-0.1, -0.05) is 301 Å². The topological polar surface area (TPSA) is 307 Å². The second-order valence-electron chi connectivity index (χ2n) is 27.8. The Morgan fingerprint density at radius 2 is 0.681 bits per heavy atom. The fourth-order valence-electron chi connectivity index (χ4n) is 13.3. The number of hydrogen-bond acceptors (Lipinski definition) is 18. The van der Waals surface area contributed by atoms with Crippen LogP contribution >= 0.6 is 0 Å². The molecule has 0 aromatic carbocycles. The molecule has 3 aliphatic rings. The predicted octanol–water partition coefficient (Wildman–Crippen LogP) is 11.8. The van der Waals surface area contributed by atoms with Crippen LogP contribution in [0.15, 0.2) is 24.3 Å². The normalized spacial score (nSPS) is 27.4. The molecule has 19 heteroatoms. The molecule has 3 aliphatic heterocycles. The zero-order chi connectivity index (χ0) is 68.2. The first kappa shape index (κ1) is 86.5. The third-order valence-corrected chi connectivity index (χ3v) is 19.5. The van der Waals surface area contributed by atoms with Gasteiger partial charge in [0.25, 0.3) is 0 Å². The molecule has 0 bridgehead atoms. The highest BCUT2D eigenvalue weighted by molar-refractivity contribution is 5.76. The van der Waals surface area contributed by atoms with Crippen LogP contribution < -0.4 is 5.32 Å². The molecule has 3 saturated heterocycles. The Hall–Kier alpha value is -1.73. The van der Waals surface area contributed by atoms with Gasteiger partial charge in [0, 0.05) is 6.42 Å². The van der Waals surface area contributed by atoms with Crippen LogP contribution in [0.3, 0.4) is 0 Å². The summed E-state index contributed by atoms with van der Waals surface area (Å²) in [6, 6.07) is -0.988. The molecule has 3 heterocycles. The van der Waals surface area contributed by atoms with Gasteiger partial charge >= 0.3 is 0 Å². The molecule has 94 heavy (non-hydrogen) atoms. The molecule has 0 aromatic rings. The molecule has 17 atom stereocenters. The molecule has 1 amide bonds. The molecule has 554 valence electrons. The van der Waals surface area contributed by atoms with Gasteiger partial charge in [0.05, 0.1) is 38.6 Å². The maximum Gasteiger partial charge on any atom is 0.220 e. The van der Waals surface area contributed by atoms with Gasteiger partial charge in [-0.15, -0.1) is 0 Å². The molecular formula is C75H141NO18. The summed E-state index contributed by atoms with van der Waals surface area (Å²) in [6.07, 6.45) is 40.2. The van der Waals surface area contributed by atoms with Crippen molar-refractivity contribution in [2.45, 2.75) is 420 Å². The first-order valence-electron chi connectivity index (χ1n) is 38.6. The average Bonchev–Trinajstić information content (AvgIpc) is 0.787. The van der Waals surface area contributed by atoms with E-state index in [1.54, 1.807) is 6.08 Å². The van der Waals surface area contributed by atoms with Crippen molar-refractivity contribution >= 4 is 5.91 Å². The highest BCUT2D eigenvalue weighted by atomic mass is 16.8. The number of carbonyl (C=O) groups excluding carboxylic acids is 1. The van der Waals surface area contributed by atoms with Gasteiger partial charge in [-0.25, -0.2) is 0 Å². The summed E-state index contributed by atoms with van der Waals surface area (Å²) in [4.78, 5) is 13.4. The van der Waals surface area contributed by atoms with Gasteiger partial charge in [-0.3, -0.25) is 4.79 Å². The van der Waals surface area contributed by atoms with Crippen LogP contribution in [-0.2, 0) is 33.2 Å². The predicted molar refractivity (Wildman–Crippen MR) is 370 cm³/mol. The Labute approximate surface area is 568 Å². The van der Waals surface area contributed by atoms with Crippen LogP contribution in [0, 0.1) is 0 Å². The van der Waals surface area contributed by atoms with Gasteiger partial charge in [-0.2, -0.15) is 0 Å². The number of ether oxygens (including phenoxy) is 6. The highest BCUT2D eigenvalue weighted by Crippen LogP contribution is 2.33. The molecular weight excluding hydrogens is 1200 g/mol. The number of amides is 1. The van der Waals surface area contributed by atoms with Gasteiger partial charge in [0.15, 0.2) is 18.9 Å². The Morgan fingerprint density at radius 1 is 0.372 bits per heavy atom. The summed E-state index contributed by atoms with van der Waals surface area (Å²) in [5.41, 5.74) is 0. The van der Waals surface area contributed by atoms with E-state index in [0.29, 0.717) is 12.8 Å². The highest BCUT2D eigenvalue weighted by Gasteiger charge is 2.53. The van der Waals surface area contributed by atoms with Gasteiger partial charge < -0.3 is 89.9 Å². The molecule has 0 saturated carbocycles. The summed E-state index contributed by atoms with van der Waals surface area (Å²) in [6.45, 7) is 1.77. The standard InChI is InChI=1S/C75H141NO18/c1-3-5-7-9-11-13-15-17-19-21-23-25-27-28-29-30-31-33-35-37-39-41-43-45-47-49-51-53-63(81)76-58(59(80)52-50-48-46-44-42-40-38-36-34-32-26-24-22-20-18-16-14-12-10-8-6-4-2)57-89-73-69(87)66(84)71(61(55-78)91-73)94-75-70(88)67(85)72(62(56-79)92-75)93-74-68(86)65(83)64(82)60(54-77)90-74/h42,44,50,52,58-62,64-75,77-80,82-88H,3-41,43,45-49,51,53-57H2,1-2H3,(H,76,81)/b44-42+,52-50+. The molecule has 3 rings (SSSR count). The van der Waals surface area contributed by atoms with E-state index in [-0.39, 0.29) is 18.9 Å². The number of aliphatic hydroxyl groups is 11. The van der Waals surface area contributed by atoms with Crippen LogP contribution in [0.1, 0.15) is 316 Å². The molecule has 0 aromatic heterocycles. The molecule has 19 nitrogen and oxygen atoms in total. The zero-order valence-electron chi connectivity index (χ0n) is 59.0. The average molecular weight is 1340 g/mol. The Kier molecular flexibility index (Phi) is 52.4. The van der Waals surface area contributed by atoms with E-state index >= 15 is 0 Å². The van der Waals surface area contributed by atoms with Crippen molar-refractivity contribution in [1.29, 1.82) is 0 Å². The molecule has 0 spiro atoms. The van der Waals surface area contributed by atoms with E-state index in [1.165, 1.54) is 244 Å². The Balaban J connectivity index is 1.40. The molecule has 12 N–H and O–H groups in total. The monoisotopic (exact) mass is 1340 g/mol. The minimum absolute atomic E-state index is 0.241. The zero-order valence-corrected chi connectivity index (χ0v) is 59.0. The number of carbonyl (C=O) groups is 1. The van der Waals surface area contributed by atoms with E-state index in [1.807, 2.05) is 6.08 Å². The molecule has 0 aliphatic carbocycles. The molecule has 0 radical (unpaired) electrons. The van der Waals surface area contributed by atoms with Crippen molar-refractivity contribution in [2.75, 3.05) is 26.4 Å². The number of allylic oxidation sites excluding steroid dienone is 3. The van der Waals surface area contributed by atoms with Gasteiger partial charge in [-0.05, 0) is 32.1 Å². The number of nitrogens with one attached hydrogen (secondary N) is 1. The molecule has 17 unspecified atom stereocenters. The van der Waals surface area contributed by atoms with Crippen LogP contribution in [0.2, 0.25) is 0 Å². The lowest BCUT2D eigenvalue weighted by Crippen LogP contribution is -2.66. The summed E-state index contributed by atoms with van der Waals surface area (Å²) >= 11 is 0. The number of rotatable bonds is 61. The van der Waals surface area contributed by atoms with Crippen LogP contribution in [0.5, 0.6) is 0 Å². The van der Waals surface area contributed by atoms with Gasteiger partial charge in [0.2, 0.25) is 5.91 Å². The summed E-state index contributed by atoms with van der Waals surface area (Å²) in [7, 11) is 0. The van der Waals surface area contributed by atoms with Gasteiger partial charge in [0.1, 0.15) is 73.2 Å². The fourth-order valence-corrected chi connectivity index (χ4v) is 13.3. The first-order chi connectivity index (χ1) is 45.8. The maximum absolute atomic E-state index is 13.4. The minimum Gasteiger partial charge on any atom is -0.394 e. The van der Waals surface area contributed by atoms with Crippen LogP contribution in [0.4, 0.5) is 0 Å². The molecule has 3 fully saturated rings. The van der Waals surface area contributed by atoms with Crippen molar-refractivity contribution in [3.8, 4) is 0 Å². The summed E-state index contributed by atoms with van der Waals surface area (Å²) in [5.74, 6) is -0.278. The largest absolute Gasteiger partial charge is 0.394 e. The lowest BCUT2D eigenvalue weighted by Gasteiger charge is -2.48. The van der Waals surface area contributed by atoms with Crippen molar-refractivity contribution in [1.82, 2.24) is 5.32 Å². The lowest BCUT2D eigenvalue weighted by atomic mass is 9.96. The quantitative estimate of drug-likeness (QED) is 0.0199. The third-order valence-electron chi connectivity index (χ3n) is 19.5. The number of hydrogen-bond donors (Lipinski definition) is 12. The second-order valence-corrected chi connectivity index (χ2v) is 27.8. The van der Waals surface area contributed by atoms with Crippen molar-refractivity contribution in [2.24, 2.45) is 0 Å². The van der Waals surface area contributed by atoms with E-state index in [2.05, 4.69) is 31.3 Å². The van der Waals surface area contributed by atoms with E-state index in [0.717, 1.165) is 38.5 Å². The SMILES string of the molecule is CCCCCCCCCCCCCCCCCC/C=C/CC/C=C/C(O)C(COC1OC(CO)C(OC2OC(CO)C(OC3OC(CO)C(O)C(O)C3O)C(O)C2O)C(O)C1O)NC(=O)CCCCCCCCCCCCCCCCCCCCCCCCCCCCC. The van der Waals surface area contributed by atoms with E-state index in [9.17, 15) is 61.0 Å². The minimum atomic E-state index is -1.98. The van der Waals surface area contributed by atoms with Crippen LogP contribution in [0.25, 0.3) is 0 Å². The third kappa shape index (κ3) is 37.6. The first-order valence-corrected chi connectivity index (χ1v) is 38.6. The van der Waals surface area contributed by atoms with E-state index in [4.69, 9.17) is 28.4 Å². The Morgan fingerprint density at radius 3 is 1.06 bits per heavy atom. The van der Waals surface area contributed by atoms with E-state index < -0.39 is 124 Å².